The monoisotopic (exact) mass is 411 g/mol. The Kier molecular flexibility index (Phi) is 5.11. The van der Waals surface area contributed by atoms with Crippen LogP contribution in [0, 0.1) is 0 Å². The number of furan rings is 1. The number of nitrogen functional groups attached to an aromatic ring is 1. The number of nitrogens with zero attached hydrogens (tertiary/aromatic N) is 4. The van der Waals surface area contributed by atoms with Gasteiger partial charge in [-0.2, -0.15) is 4.98 Å². The number of carbonyl (C=O) groups is 1. The Bertz CT molecular complexity index is 1070. The maximum Gasteiger partial charge on any atom is 0.289 e. The topological polar surface area (TPSA) is 107 Å². The predicted octanol–water partition coefficient (Wildman–Crippen LogP) is 2.56. The fourth-order valence-electron chi connectivity index (χ4n) is 3.85. The fraction of sp³-hybridized carbons (Fsp3) is 0.381. The first-order valence-corrected chi connectivity index (χ1v) is 9.75. The quantitative estimate of drug-likeness (QED) is 0.698. The first-order valence-electron chi connectivity index (χ1n) is 9.75. The Labute approximate surface area is 174 Å². The van der Waals surface area contributed by atoms with Crippen LogP contribution < -0.4 is 20.1 Å². The van der Waals surface area contributed by atoms with Crippen molar-refractivity contribution in [2.45, 2.75) is 25.9 Å². The number of amides is 1. The second-order valence-corrected chi connectivity index (χ2v) is 7.28. The van der Waals surface area contributed by atoms with Gasteiger partial charge in [0, 0.05) is 36.6 Å². The standard InChI is InChI=1S/C21H25N5O4/c1-12-13(2)26(8-7-25(12)20(27)16-6-5-9-30-16)21-23-15-11-18(29-4)17(28-3)10-14(15)19(22)24-21/h5-6,9-13H,7-8H2,1-4H3,(H2,22,23,24)/t12-,13-/m1/s1. The Morgan fingerprint density at radius 3 is 2.53 bits per heavy atom. The van der Waals surface area contributed by atoms with E-state index < -0.39 is 0 Å². The summed E-state index contributed by atoms with van der Waals surface area (Å²) >= 11 is 0. The highest BCUT2D eigenvalue weighted by Crippen LogP contribution is 2.34. The minimum atomic E-state index is -0.116. The summed E-state index contributed by atoms with van der Waals surface area (Å²) < 4.78 is 16.0. The zero-order valence-electron chi connectivity index (χ0n) is 17.5. The summed E-state index contributed by atoms with van der Waals surface area (Å²) in [7, 11) is 3.15. The third-order valence-electron chi connectivity index (χ3n) is 5.73. The summed E-state index contributed by atoms with van der Waals surface area (Å²) in [5.74, 6) is 2.26. The molecule has 9 nitrogen and oxygen atoms in total. The molecule has 1 saturated heterocycles. The van der Waals surface area contributed by atoms with E-state index in [0.29, 0.717) is 53.0 Å². The van der Waals surface area contributed by atoms with Crippen molar-refractivity contribution in [3.05, 3.63) is 36.3 Å². The van der Waals surface area contributed by atoms with Gasteiger partial charge in [-0.05, 0) is 32.0 Å². The highest BCUT2D eigenvalue weighted by molar-refractivity contribution is 5.93. The van der Waals surface area contributed by atoms with E-state index in [2.05, 4.69) is 9.88 Å². The van der Waals surface area contributed by atoms with Gasteiger partial charge in [0.1, 0.15) is 5.82 Å². The van der Waals surface area contributed by atoms with E-state index in [4.69, 9.17) is 24.6 Å². The van der Waals surface area contributed by atoms with Crippen LogP contribution >= 0.6 is 0 Å². The van der Waals surface area contributed by atoms with Crippen LogP contribution in [0.4, 0.5) is 11.8 Å². The van der Waals surface area contributed by atoms with E-state index in [1.807, 2.05) is 18.7 Å². The normalized spacial score (nSPS) is 19.2. The second kappa shape index (κ2) is 7.74. The second-order valence-electron chi connectivity index (χ2n) is 7.28. The number of benzene rings is 1. The number of hydrogen-bond donors (Lipinski definition) is 1. The number of fused-ring (bicyclic) bond motifs is 1. The zero-order valence-corrected chi connectivity index (χ0v) is 17.5. The fourth-order valence-corrected chi connectivity index (χ4v) is 3.85. The van der Waals surface area contributed by atoms with Gasteiger partial charge in [-0.15, -0.1) is 0 Å². The van der Waals surface area contributed by atoms with Crippen molar-refractivity contribution in [2.75, 3.05) is 37.9 Å². The molecule has 2 atom stereocenters. The molecule has 158 valence electrons. The first kappa shape index (κ1) is 19.8. The molecular weight excluding hydrogens is 386 g/mol. The predicted molar refractivity (Wildman–Crippen MR) is 113 cm³/mol. The molecule has 1 aliphatic heterocycles. The van der Waals surface area contributed by atoms with Crippen LogP contribution in [-0.4, -0.2) is 60.2 Å². The molecular formula is C21H25N5O4. The average molecular weight is 411 g/mol. The molecule has 1 amide bonds. The number of nitrogens with two attached hydrogens (primary N) is 1. The molecule has 2 N–H and O–H groups in total. The van der Waals surface area contributed by atoms with Crippen LogP contribution in [0.3, 0.4) is 0 Å². The lowest BCUT2D eigenvalue weighted by atomic mass is 10.0. The number of ether oxygens (including phenoxy) is 2. The molecule has 30 heavy (non-hydrogen) atoms. The third kappa shape index (κ3) is 3.26. The van der Waals surface area contributed by atoms with Gasteiger partial charge in [-0.3, -0.25) is 4.79 Å². The Hall–Kier alpha value is -3.49. The van der Waals surface area contributed by atoms with E-state index in [-0.39, 0.29) is 18.0 Å². The summed E-state index contributed by atoms with van der Waals surface area (Å²) in [4.78, 5) is 25.9. The molecule has 0 saturated carbocycles. The van der Waals surface area contributed by atoms with Gasteiger partial charge in [0.25, 0.3) is 5.91 Å². The molecule has 3 aromatic rings. The lowest BCUT2D eigenvalue weighted by Gasteiger charge is -2.44. The zero-order chi connectivity index (χ0) is 21.4. The van der Waals surface area contributed by atoms with Gasteiger partial charge < -0.3 is 29.4 Å². The van der Waals surface area contributed by atoms with E-state index in [9.17, 15) is 4.79 Å². The molecule has 0 bridgehead atoms. The molecule has 1 aromatic carbocycles. The molecule has 2 aromatic heterocycles. The van der Waals surface area contributed by atoms with Crippen molar-refractivity contribution in [3.63, 3.8) is 0 Å². The molecule has 1 fully saturated rings. The van der Waals surface area contributed by atoms with Crippen molar-refractivity contribution in [3.8, 4) is 11.5 Å². The van der Waals surface area contributed by atoms with Crippen LogP contribution in [0.25, 0.3) is 10.9 Å². The third-order valence-corrected chi connectivity index (χ3v) is 5.73. The molecule has 9 heteroatoms. The molecule has 0 radical (unpaired) electrons. The lowest BCUT2D eigenvalue weighted by Crippen LogP contribution is -2.59. The average Bonchev–Trinajstić information content (AvgIpc) is 3.29. The van der Waals surface area contributed by atoms with Crippen LogP contribution in [0.2, 0.25) is 0 Å². The van der Waals surface area contributed by atoms with Gasteiger partial charge in [0.05, 0.1) is 26.0 Å². The van der Waals surface area contributed by atoms with Gasteiger partial charge in [-0.25, -0.2) is 4.98 Å². The van der Waals surface area contributed by atoms with Crippen molar-refractivity contribution in [2.24, 2.45) is 0 Å². The number of aromatic nitrogens is 2. The summed E-state index contributed by atoms with van der Waals surface area (Å²) in [5, 5.41) is 0.698. The Balaban J connectivity index is 1.65. The van der Waals surface area contributed by atoms with Crippen molar-refractivity contribution >= 4 is 28.6 Å². The van der Waals surface area contributed by atoms with Gasteiger partial charge in [0.15, 0.2) is 17.3 Å². The molecule has 1 aliphatic rings. The summed E-state index contributed by atoms with van der Waals surface area (Å²) in [6.07, 6.45) is 1.51. The van der Waals surface area contributed by atoms with Crippen molar-refractivity contribution in [1.29, 1.82) is 0 Å². The van der Waals surface area contributed by atoms with E-state index in [1.165, 1.54) is 6.26 Å². The van der Waals surface area contributed by atoms with Crippen LogP contribution in [0.5, 0.6) is 11.5 Å². The van der Waals surface area contributed by atoms with Crippen molar-refractivity contribution < 1.29 is 18.7 Å². The number of hydrogen-bond acceptors (Lipinski definition) is 8. The minimum absolute atomic E-state index is 0.0188. The highest BCUT2D eigenvalue weighted by Gasteiger charge is 2.36. The van der Waals surface area contributed by atoms with E-state index in [0.717, 1.165) is 0 Å². The SMILES string of the molecule is COc1cc2nc(N3CCN(C(=O)c4ccco4)[C@H](C)[C@H]3C)nc(N)c2cc1OC. The summed E-state index contributed by atoms with van der Waals surface area (Å²) in [6, 6.07) is 6.88. The lowest BCUT2D eigenvalue weighted by molar-refractivity contribution is 0.0600. The molecule has 0 unspecified atom stereocenters. The highest BCUT2D eigenvalue weighted by atomic mass is 16.5. The molecule has 0 aliphatic carbocycles. The number of rotatable bonds is 4. The Morgan fingerprint density at radius 2 is 1.87 bits per heavy atom. The molecule has 3 heterocycles. The van der Waals surface area contributed by atoms with Crippen LogP contribution in [-0.2, 0) is 0 Å². The maximum atomic E-state index is 12.8. The summed E-state index contributed by atoms with van der Waals surface area (Å²) in [6.45, 7) is 5.16. The van der Waals surface area contributed by atoms with Crippen molar-refractivity contribution in [1.82, 2.24) is 14.9 Å². The van der Waals surface area contributed by atoms with Gasteiger partial charge in [0.2, 0.25) is 5.95 Å². The maximum absolute atomic E-state index is 12.8. The summed E-state index contributed by atoms with van der Waals surface area (Å²) in [5.41, 5.74) is 6.92. The number of methoxy groups -OCH3 is 2. The van der Waals surface area contributed by atoms with Gasteiger partial charge >= 0.3 is 0 Å². The molecule has 0 spiro atoms. The largest absolute Gasteiger partial charge is 0.493 e. The minimum Gasteiger partial charge on any atom is -0.493 e. The number of carbonyl (C=O) groups excluding carboxylic acids is 1. The smallest absolute Gasteiger partial charge is 0.289 e. The number of anilines is 2. The van der Waals surface area contributed by atoms with Crippen LogP contribution in [0.15, 0.2) is 34.9 Å². The van der Waals surface area contributed by atoms with E-state index >= 15 is 0 Å². The van der Waals surface area contributed by atoms with Gasteiger partial charge in [-0.1, -0.05) is 0 Å². The number of piperazine rings is 1. The Morgan fingerprint density at radius 1 is 1.13 bits per heavy atom. The van der Waals surface area contributed by atoms with E-state index in [1.54, 1.807) is 38.5 Å². The first-order chi connectivity index (χ1) is 14.4. The molecule has 4 rings (SSSR count). The van der Waals surface area contributed by atoms with Crippen LogP contribution in [0.1, 0.15) is 24.4 Å².